The number of carbonyl (C=O) groups is 1. The molecule has 7 heteroatoms. The van der Waals surface area contributed by atoms with E-state index in [1.807, 2.05) is 30.3 Å². The van der Waals surface area contributed by atoms with Crippen LogP contribution in [-0.4, -0.2) is 29.4 Å². The van der Waals surface area contributed by atoms with E-state index < -0.39 is 18.8 Å². The monoisotopic (exact) mass is 370 g/mol. The Morgan fingerprint density at radius 2 is 1.73 bits per heavy atom. The molecule has 0 N–H and O–H groups in total. The molecule has 0 aliphatic carbocycles. The lowest BCUT2D eigenvalue weighted by Gasteiger charge is -2.13. The molecule has 0 aliphatic rings. The highest BCUT2D eigenvalue weighted by atomic mass is 31.2. The van der Waals surface area contributed by atoms with Gasteiger partial charge in [0.15, 0.2) is 0 Å². The van der Waals surface area contributed by atoms with Gasteiger partial charge in [-0.15, -0.1) is 0 Å². The van der Waals surface area contributed by atoms with E-state index in [2.05, 4.69) is 4.79 Å². The maximum atomic E-state index is 13.2. The van der Waals surface area contributed by atoms with E-state index in [0.29, 0.717) is 0 Å². The van der Waals surface area contributed by atoms with Gasteiger partial charge >= 0.3 is 18.8 Å². The molecule has 0 amide bonds. The number of carbonyl (C=O) groups excluding carboxylic acids is 1. The van der Waals surface area contributed by atoms with Gasteiger partial charge in [0.05, 0.1) is 6.61 Å². The average Bonchev–Trinajstić information content (AvgIpc) is 2.67. The van der Waals surface area contributed by atoms with Crippen molar-refractivity contribution in [3.63, 3.8) is 0 Å². The Morgan fingerprint density at radius 1 is 1.12 bits per heavy atom. The van der Waals surface area contributed by atoms with Crippen LogP contribution in [0.2, 0.25) is 0 Å². The summed E-state index contributed by atoms with van der Waals surface area (Å²) >= 11 is 0. The molecule has 134 valence electrons. The molecule has 1 atom stereocenters. The van der Waals surface area contributed by atoms with E-state index in [1.165, 1.54) is 0 Å². The smallest absolute Gasteiger partial charge is 0.452 e. The van der Waals surface area contributed by atoms with Crippen molar-refractivity contribution in [2.24, 2.45) is 0 Å². The van der Waals surface area contributed by atoms with Crippen LogP contribution in [0.3, 0.4) is 0 Å². The van der Waals surface area contributed by atoms with Crippen molar-refractivity contribution < 1.29 is 23.4 Å². The highest BCUT2D eigenvalue weighted by molar-refractivity contribution is 7.85. The molecule has 2 aromatic rings. The highest BCUT2D eigenvalue weighted by Gasteiger charge is 2.46. The molecular formula is C19H19N2O4P. The van der Waals surface area contributed by atoms with Crippen molar-refractivity contribution in [1.82, 2.24) is 0 Å². The van der Waals surface area contributed by atoms with E-state index in [1.54, 1.807) is 49.4 Å². The maximum absolute atomic E-state index is 13.2. The Bertz CT molecular complexity index is 860. The second-order valence-corrected chi connectivity index (χ2v) is 7.44. The lowest BCUT2D eigenvalue weighted by atomic mass is 10.2. The molecule has 0 aliphatic heterocycles. The van der Waals surface area contributed by atoms with Gasteiger partial charge in [-0.1, -0.05) is 54.6 Å². The van der Waals surface area contributed by atoms with Gasteiger partial charge in [0.1, 0.15) is 6.61 Å². The van der Waals surface area contributed by atoms with Crippen molar-refractivity contribution in [1.29, 1.82) is 0 Å². The number of hydrogen-bond donors (Lipinski definition) is 0. The van der Waals surface area contributed by atoms with Crippen LogP contribution in [0.1, 0.15) is 12.5 Å². The zero-order valence-electron chi connectivity index (χ0n) is 14.3. The van der Waals surface area contributed by atoms with Gasteiger partial charge in [-0.05, 0) is 30.7 Å². The number of nitrogens with zero attached hydrogens (tertiary/aromatic N) is 2. The summed E-state index contributed by atoms with van der Waals surface area (Å²) in [7, 11) is -3.84. The first-order valence-electron chi connectivity index (χ1n) is 8.03. The van der Waals surface area contributed by atoms with Crippen molar-refractivity contribution in [2.45, 2.75) is 6.92 Å². The summed E-state index contributed by atoms with van der Waals surface area (Å²) in [6.07, 6.45) is 3.42. The number of hydrogen-bond acceptors (Lipinski definition) is 4. The summed E-state index contributed by atoms with van der Waals surface area (Å²) in [4.78, 5) is 15.2. The molecule has 26 heavy (non-hydrogen) atoms. The molecule has 6 nitrogen and oxygen atoms in total. The molecule has 0 bridgehead atoms. The minimum atomic E-state index is -3.84. The third-order valence-electron chi connectivity index (χ3n) is 3.38. The summed E-state index contributed by atoms with van der Waals surface area (Å²) in [5.41, 5.74) is 9.58. The Balaban J connectivity index is 2.13. The van der Waals surface area contributed by atoms with Gasteiger partial charge in [0.25, 0.3) is 0 Å². The molecule has 0 heterocycles. The average molecular weight is 370 g/mol. The third-order valence-corrected chi connectivity index (χ3v) is 5.81. The Morgan fingerprint density at radius 3 is 2.31 bits per heavy atom. The molecule has 0 radical (unpaired) electrons. The first-order chi connectivity index (χ1) is 12.6. The fraction of sp³-hybridized carbons (Fsp3) is 0.158. The topological polar surface area (TPSA) is 89.0 Å². The van der Waals surface area contributed by atoms with Gasteiger partial charge in [0, 0.05) is 5.30 Å². The van der Waals surface area contributed by atoms with Crippen LogP contribution < -0.4 is 5.30 Å². The largest absolute Gasteiger partial charge is 0.461 e. The van der Waals surface area contributed by atoms with Crippen LogP contribution in [0, 0.1) is 0 Å². The van der Waals surface area contributed by atoms with Gasteiger partial charge in [-0.2, -0.15) is 4.79 Å². The van der Waals surface area contributed by atoms with Crippen LogP contribution >= 0.6 is 7.37 Å². The van der Waals surface area contributed by atoms with Crippen LogP contribution in [0.5, 0.6) is 0 Å². The first-order valence-corrected chi connectivity index (χ1v) is 9.66. The Kier molecular flexibility index (Phi) is 7.24. The third kappa shape index (κ3) is 4.87. The predicted molar refractivity (Wildman–Crippen MR) is 100 cm³/mol. The van der Waals surface area contributed by atoms with Crippen molar-refractivity contribution >= 4 is 30.2 Å². The summed E-state index contributed by atoms with van der Waals surface area (Å²) in [5, 5.41) is 0.256. The second-order valence-electron chi connectivity index (χ2n) is 5.14. The van der Waals surface area contributed by atoms with Crippen molar-refractivity contribution in [3.05, 3.63) is 77.8 Å². The number of benzene rings is 2. The molecule has 2 aromatic carbocycles. The van der Waals surface area contributed by atoms with Crippen LogP contribution in [-0.2, 0) is 18.6 Å². The van der Waals surface area contributed by atoms with Crippen LogP contribution in [0.15, 0.2) is 66.7 Å². The summed E-state index contributed by atoms with van der Waals surface area (Å²) in [6.45, 7) is 1.65. The minimum absolute atomic E-state index is 0.0618. The second kappa shape index (κ2) is 9.64. The van der Waals surface area contributed by atoms with E-state index in [-0.39, 0.29) is 18.5 Å². The zero-order chi connectivity index (χ0) is 18.8. The van der Waals surface area contributed by atoms with Gasteiger partial charge in [-0.25, -0.2) is 4.79 Å². The van der Waals surface area contributed by atoms with Crippen LogP contribution in [0.4, 0.5) is 0 Å². The van der Waals surface area contributed by atoms with Gasteiger partial charge in [-0.3, -0.25) is 4.57 Å². The maximum Gasteiger partial charge on any atom is 0.461 e. The lowest BCUT2D eigenvalue weighted by Crippen LogP contribution is -2.25. The minimum Gasteiger partial charge on any atom is -0.452 e. The first kappa shape index (κ1) is 19.5. The molecule has 0 saturated carbocycles. The fourth-order valence-electron chi connectivity index (χ4n) is 2.22. The predicted octanol–water partition coefficient (Wildman–Crippen LogP) is 3.51. The molecule has 0 aromatic heterocycles. The fourth-order valence-corrected chi connectivity index (χ4v) is 4.09. The summed E-state index contributed by atoms with van der Waals surface area (Å²) < 4.78 is 23.6. The van der Waals surface area contributed by atoms with Gasteiger partial charge < -0.3 is 14.8 Å². The zero-order valence-corrected chi connectivity index (χ0v) is 15.2. The number of ether oxygens (including phenoxy) is 1. The number of esters is 1. The normalized spacial score (nSPS) is 13.0. The van der Waals surface area contributed by atoms with E-state index in [4.69, 9.17) is 9.26 Å². The summed E-state index contributed by atoms with van der Waals surface area (Å²) in [5.74, 6) is -0.995. The lowest BCUT2D eigenvalue weighted by molar-refractivity contribution is -0.138. The molecule has 2 rings (SSSR count). The van der Waals surface area contributed by atoms with E-state index in [9.17, 15) is 14.9 Å². The molecule has 0 fully saturated rings. The van der Waals surface area contributed by atoms with E-state index in [0.717, 1.165) is 5.56 Å². The van der Waals surface area contributed by atoms with Crippen molar-refractivity contribution in [2.75, 3.05) is 13.2 Å². The SMILES string of the molecule is CCOP(=O)(C(=[N+]=[N-])C(=O)OC/C=C/c1ccccc1)c1ccccc1. The van der Waals surface area contributed by atoms with Gasteiger partial charge in [0.2, 0.25) is 0 Å². The Hall–Kier alpha value is -2.78. The van der Waals surface area contributed by atoms with E-state index >= 15 is 0 Å². The molecular weight excluding hydrogens is 351 g/mol. The molecule has 1 unspecified atom stereocenters. The Labute approximate surface area is 152 Å². The highest BCUT2D eigenvalue weighted by Crippen LogP contribution is 2.46. The van der Waals surface area contributed by atoms with Crippen molar-refractivity contribution in [3.8, 4) is 0 Å². The summed E-state index contributed by atoms with van der Waals surface area (Å²) in [6, 6.07) is 17.6. The number of rotatable bonds is 8. The quantitative estimate of drug-likeness (QED) is 0.234. The van der Waals surface area contributed by atoms with Crippen LogP contribution in [0.25, 0.3) is 11.6 Å². The molecule has 0 spiro atoms. The standard InChI is InChI=1S/C19H19N2O4P/c1-2-25-26(23,17-13-7-4-8-14-17)18(21-20)19(22)24-15-9-12-16-10-5-3-6-11-16/h3-14H,2,15H2,1H3/b12-9+. The molecule has 0 saturated heterocycles.